The Morgan fingerprint density at radius 1 is 1.23 bits per heavy atom. The predicted molar refractivity (Wildman–Crippen MR) is 96.8 cm³/mol. The lowest BCUT2D eigenvalue weighted by Crippen LogP contribution is -2.63. The third-order valence-electron chi connectivity index (χ3n) is 4.84. The van der Waals surface area contributed by atoms with Crippen LogP contribution in [-0.2, 0) is 11.3 Å². The Hall–Kier alpha value is -2.38. The summed E-state index contributed by atoms with van der Waals surface area (Å²) in [6.45, 7) is 3.95. The normalized spacial score (nSPS) is 19.0. The lowest BCUT2D eigenvalue weighted by atomic mass is 10.1. The molecular weight excluding hydrogens is 377 g/mol. The molecule has 26 heavy (non-hydrogen) atoms. The van der Waals surface area contributed by atoms with E-state index in [1.165, 1.54) is 9.80 Å². The van der Waals surface area contributed by atoms with E-state index in [1.54, 1.807) is 25.2 Å². The molecule has 9 heteroatoms. The van der Waals surface area contributed by atoms with Crippen molar-refractivity contribution in [1.29, 1.82) is 0 Å². The van der Waals surface area contributed by atoms with Crippen LogP contribution in [0.2, 0.25) is 10.0 Å². The number of hydrogen-bond acceptors (Lipinski definition) is 3. The fourth-order valence-electron chi connectivity index (χ4n) is 3.31. The topological polar surface area (TPSA) is 72.7 Å². The Balaban J connectivity index is 1.73. The van der Waals surface area contributed by atoms with Crippen molar-refractivity contribution in [2.75, 3.05) is 7.05 Å². The zero-order valence-electron chi connectivity index (χ0n) is 14.4. The molecule has 0 aliphatic carbocycles. The van der Waals surface area contributed by atoms with Crippen LogP contribution in [0.1, 0.15) is 23.0 Å². The largest absolute Gasteiger partial charge is 0.399 e. The molecule has 0 spiro atoms. The number of aromatic amines is 1. The van der Waals surface area contributed by atoms with Gasteiger partial charge in [0.25, 0.3) is 5.91 Å². The number of carbonyl (C=O) groups excluding carboxylic acids is 2. The molecule has 7 nitrogen and oxygen atoms in total. The summed E-state index contributed by atoms with van der Waals surface area (Å²) in [5.74, 6) is 0.688. The number of imide groups is 1. The summed E-state index contributed by atoms with van der Waals surface area (Å²) in [5.41, 5.74) is 2.57. The number of amides is 3. The van der Waals surface area contributed by atoms with Gasteiger partial charge in [0.1, 0.15) is 11.4 Å². The molecular formula is C17H16Cl2N5O2+. The Morgan fingerprint density at radius 3 is 2.65 bits per heavy atom. The Morgan fingerprint density at radius 2 is 1.96 bits per heavy atom. The fraction of sp³-hybridized carbons (Fsp3) is 0.294. The van der Waals surface area contributed by atoms with Gasteiger partial charge >= 0.3 is 12.0 Å². The number of rotatable bonds is 2. The minimum absolute atomic E-state index is 0.112. The molecule has 1 aromatic carbocycles. The van der Waals surface area contributed by atoms with E-state index >= 15 is 0 Å². The molecule has 3 amide bonds. The van der Waals surface area contributed by atoms with Gasteiger partial charge in [0, 0.05) is 7.05 Å². The minimum atomic E-state index is -0.652. The molecule has 3 heterocycles. The first-order valence-electron chi connectivity index (χ1n) is 8.02. The van der Waals surface area contributed by atoms with Crippen LogP contribution in [0.4, 0.5) is 10.7 Å². The summed E-state index contributed by atoms with van der Waals surface area (Å²) in [7, 11) is 1.62. The van der Waals surface area contributed by atoms with Crippen LogP contribution in [-0.4, -0.2) is 39.6 Å². The van der Waals surface area contributed by atoms with Crippen molar-refractivity contribution >= 4 is 46.9 Å². The molecule has 0 bridgehead atoms. The van der Waals surface area contributed by atoms with E-state index in [1.807, 2.05) is 18.4 Å². The number of hydrogen-bond donors (Lipinski definition) is 1. The number of aryl methyl sites for hydroxylation is 1. The zero-order valence-corrected chi connectivity index (χ0v) is 15.9. The molecule has 2 aliphatic heterocycles. The van der Waals surface area contributed by atoms with Gasteiger partial charge in [0.15, 0.2) is 0 Å². The van der Waals surface area contributed by atoms with Crippen LogP contribution < -0.4 is 4.57 Å². The Bertz CT molecular complexity index is 997. The highest BCUT2D eigenvalue weighted by atomic mass is 35.5. The van der Waals surface area contributed by atoms with Crippen molar-refractivity contribution in [1.82, 2.24) is 14.8 Å². The van der Waals surface area contributed by atoms with Crippen molar-refractivity contribution < 1.29 is 14.2 Å². The second kappa shape index (κ2) is 5.82. The average molecular weight is 393 g/mol. The lowest BCUT2D eigenvalue weighted by molar-refractivity contribution is -0.682. The molecule has 1 fully saturated rings. The monoisotopic (exact) mass is 392 g/mol. The number of likely N-dealkylation sites (N-methyl/N-ethyl adjacent to an activating group) is 1. The summed E-state index contributed by atoms with van der Waals surface area (Å²) in [6, 6.07) is 3.98. The van der Waals surface area contributed by atoms with E-state index in [9.17, 15) is 9.59 Å². The number of aromatic nitrogens is 2. The van der Waals surface area contributed by atoms with Gasteiger partial charge in [-0.3, -0.25) is 14.6 Å². The van der Waals surface area contributed by atoms with Gasteiger partial charge < -0.3 is 0 Å². The maximum absolute atomic E-state index is 13.1. The third-order valence-corrected chi connectivity index (χ3v) is 5.58. The summed E-state index contributed by atoms with van der Waals surface area (Å²) in [6.07, 6.45) is 0. The second-order valence-corrected chi connectivity index (χ2v) is 7.23. The van der Waals surface area contributed by atoms with Crippen LogP contribution in [0.3, 0.4) is 0 Å². The number of nitrogens with one attached hydrogen (secondary N) is 1. The molecule has 4 rings (SSSR count). The standard InChI is InChI=1S/C17H15Cl2N5O2/c1-8-9(2)24-13-14(21-16(24)20-8)22(3)17(26)23(15(13)25)7-10-4-5-11(18)12(19)6-10/h4-6,13H,7H2,1-3H3/p+1. The lowest BCUT2D eigenvalue weighted by Gasteiger charge is -2.33. The van der Waals surface area contributed by atoms with E-state index < -0.39 is 12.1 Å². The van der Waals surface area contributed by atoms with Crippen molar-refractivity contribution in [3.8, 4) is 0 Å². The smallest absolute Gasteiger partial charge is 0.270 e. The Kier molecular flexibility index (Phi) is 3.82. The van der Waals surface area contributed by atoms with E-state index in [0.29, 0.717) is 21.8 Å². The molecule has 1 saturated heterocycles. The molecule has 2 aromatic rings. The van der Waals surface area contributed by atoms with Gasteiger partial charge in [-0.05, 0) is 31.5 Å². The highest BCUT2D eigenvalue weighted by molar-refractivity contribution is 6.42. The first-order chi connectivity index (χ1) is 12.3. The molecule has 134 valence electrons. The van der Waals surface area contributed by atoms with E-state index in [-0.39, 0.29) is 12.5 Å². The van der Waals surface area contributed by atoms with Gasteiger partial charge in [-0.25, -0.2) is 14.3 Å². The number of urea groups is 1. The van der Waals surface area contributed by atoms with E-state index in [4.69, 9.17) is 23.2 Å². The number of aliphatic imine (C=N–C) groups is 1. The fourth-order valence-corrected chi connectivity index (χ4v) is 3.63. The number of imidazole rings is 1. The molecule has 1 atom stereocenters. The van der Waals surface area contributed by atoms with Gasteiger partial charge in [-0.1, -0.05) is 34.3 Å². The number of carbonyl (C=O) groups is 2. The van der Waals surface area contributed by atoms with Gasteiger partial charge in [0.05, 0.1) is 16.6 Å². The third kappa shape index (κ3) is 2.34. The SMILES string of the molecule is Cc1[nH]c2[n+](c1C)C1C(=O)N(Cc3ccc(Cl)c(Cl)c3)C(=O)N(C)C1=N2. The highest BCUT2D eigenvalue weighted by Gasteiger charge is 2.53. The predicted octanol–water partition coefficient (Wildman–Crippen LogP) is 2.90. The van der Waals surface area contributed by atoms with Crippen molar-refractivity contribution in [3.63, 3.8) is 0 Å². The van der Waals surface area contributed by atoms with Crippen LogP contribution in [0.25, 0.3) is 0 Å². The summed E-state index contributed by atoms with van der Waals surface area (Å²) in [5, 5.41) is 0.805. The van der Waals surface area contributed by atoms with Crippen molar-refractivity contribution in [2.45, 2.75) is 26.4 Å². The van der Waals surface area contributed by atoms with Crippen LogP contribution in [0, 0.1) is 13.8 Å². The highest BCUT2D eigenvalue weighted by Crippen LogP contribution is 2.30. The van der Waals surface area contributed by atoms with E-state index in [2.05, 4.69) is 9.98 Å². The van der Waals surface area contributed by atoms with Crippen LogP contribution >= 0.6 is 23.2 Å². The maximum Gasteiger partial charge on any atom is 0.399 e. The summed E-state index contributed by atoms with van der Waals surface area (Å²) < 4.78 is 1.83. The van der Waals surface area contributed by atoms with Gasteiger partial charge in [-0.15, -0.1) is 0 Å². The number of nitrogens with zero attached hydrogens (tertiary/aromatic N) is 4. The minimum Gasteiger partial charge on any atom is -0.270 e. The average Bonchev–Trinajstić information content (AvgIpc) is 3.10. The number of benzene rings is 1. The van der Waals surface area contributed by atoms with Gasteiger partial charge in [-0.2, -0.15) is 0 Å². The summed E-state index contributed by atoms with van der Waals surface area (Å²) in [4.78, 5) is 36.1. The Labute approximate surface area is 159 Å². The number of amidine groups is 1. The molecule has 0 saturated carbocycles. The molecule has 0 radical (unpaired) electrons. The van der Waals surface area contributed by atoms with Gasteiger partial charge in [0.2, 0.25) is 11.9 Å². The van der Waals surface area contributed by atoms with Crippen molar-refractivity contribution in [2.24, 2.45) is 4.99 Å². The number of H-pyrrole nitrogens is 1. The molecule has 1 unspecified atom stereocenters. The maximum atomic E-state index is 13.1. The molecule has 1 N–H and O–H groups in total. The quantitative estimate of drug-likeness (QED) is 0.797. The first-order valence-corrected chi connectivity index (χ1v) is 8.77. The summed E-state index contributed by atoms with van der Waals surface area (Å²) >= 11 is 12.0. The van der Waals surface area contributed by atoms with Crippen molar-refractivity contribution in [3.05, 3.63) is 45.2 Å². The van der Waals surface area contributed by atoms with E-state index in [0.717, 1.165) is 17.0 Å². The second-order valence-electron chi connectivity index (χ2n) is 6.42. The molecule has 2 aliphatic rings. The van der Waals surface area contributed by atoms with Crippen LogP contribution in [0.15, 0.2) is 23.2 Å². The number of fused-ring (bicyclic) bond motifs is 3. The first kappa shape index (κ1) is 17.1. The van der Waals surface area contributed by atoms with Crippen LogP contribution in [0.5, 0.6) is 0 Å². The number of halogens is 2. The molecule has 1 aromatic heterocycles. The zero-order chi connectivity index (χ0) is 18.7.